The van der Waals surface area contributed by atoms with Gasteiger partial charge in [0.05, 0.1) is 7.11 Å². The number of hydrogen-bond donors (Lipinski definition) is 2. The van der Waals surface area contributed by atoms with E-state index in [1.54, 1.807) is 13.2 Å². The van der Waals surface area contributed by atoms with Crippen molar-refractivity contribution in [1.82, 2.24) is 0 Å². The predicted octanol–water partition coefficient (Wildman–Crippen LogP) is 1.25. The van der Waals surface area contributed by atoms with Crippen LogP contribution in [-0.4, -0.2) is 24.2 Å². The summed E-state index contributed by atoms with van der Waals surface area (Å²) in [6.45, 7) is 0. The van der Waals surface area contributed by atoms with E-state index in [4.69, 9.17) is 15.6 Å². The number of benzene rings is 1. The molecule has 3 N–H and O–H groups in total. The molecule has 0 aliphatic heterocycles. The zero-order chi connectivity index (χ0) is 11.4. The summed E-state index contributed by atoms with van der Waals surface area (Å²) >= 11 is 2.14. The van der Waals surface area contributed by atoms with Crippen LogP contribution in [0.4, 0.5) is 0 Å². The first-order valence-corrected chi connectivity index (χ1v) is 5.43. The minimum atomic E-state index is -0.985. The largest absolute Gasteiger partial charge is 0.497 e. The molecule has 0 aliphatic carbocycles. The summed E-state index contributed by atoms with van der Waals surface area (Å²) in [5.74, 6) is -0.228. The van der Waals surface area contributed by atoms with Gasteiger partial charge in [0, 0.05) is 3.57 Å². The number of carbonyl (C=O) groups is 1. The molecule has 5 heteroatoms. The van der Waals surface area contributed by atoms with Crippen molar-refractivity contribution in [2.45, 2.75) is 12.5 Å². The van der Waals surface area contributed by atoms with Crippen molar-refractivity contribution in [3.8, 4) is 5.75 Å². The Balaban J connectivity index is 2.82. The topological polar surface area (TPSA) is 72.5 Å². The van der Waals surface area contributed by atoms with Gasteiger partial charge in [0.15, 0.2) is 0 Å². The van der Waals surface area contributed by atoms with Crippen molar-refractivity contribution < 1.29 is 14.6 Å². The van der Waals surface area contributed by atoms with Gasteiger partial charge in [-0.1, -0.05) is 6.07 Å². The van der Waals surface area contributed by atoms with Crippen LogP contribution in [0.2, 0.25) is 0 Å². The van der Waals surface area contributed by atoms with E-state index < -0.39 is 12.0 Å². The molecule has 0 spiro atoms. The van der Waals surface area contributed by atoms with E-state index in [-0.39, 0.29) is 0 Å². The second-order valence-electron chi connectivity index (χ2n) is 3.11. The first-order chi connectivity index (χ1) is 7.04. The van der Waals surface area contributed by atoms with Crippen molar-refractivity contribution in [1.29, 1.82) is 0 Å². The summed E-state index contributed by atoms with van der Waals surface area (Å²) in [4.78, 5) is 10.6. The molecule has 0 heterocycles. The molecule has 1 atom stereocenters. The van der Waals surface area contributed by atoms with E-state index >= 15 is 0 Å². The molecule has 1 rings (SSSR count). The van der Waals surface area contributed by atoms with Crippen molar-refractivity contribution in [2.24, 2.45) is 5.73 Å². The van der Waals surface area contributed by atoms with E-state index in [0.717, 1.165) is 14.9 Å². The molecule has 0 aromatic heterocycles. The maximum Gasteiger partial charge on any atom is 0.320 e. The van der Waals surface area contributed by atoms with Gasteiger partial charge in [-0.15, -0.1) is 0 Å². The summed E-state index contributed by atoms with van der Waals surface area (Å²) in [6.07, 6.45) is 0.331. The molecule has 82 valence electrons. The Bertz CT molecular complexity index is 368. The zero-order valence-corrected chi connectivity index (χ0v) is 10.4. The van der Waals surface area contributed by atoms with E-state index in [1.807, 2.05) is 12.1 Å². The van der Waals surface area contributed by atoms with E-state index in [1.165, 1.54) is 0 Å². The van der Waals surface area contributed by atoms with Crippen LogP contribution in [0.25, 0.3) is 0 Å². The summed E-state index contributed by atoms with van der Waals surface area (Å²) in [5.41, 5.74) is 6.38. The highest BCUT2D eigenvalue weighted by atomic mass is 127. The van der Waals surface area contributed by atoms with Gasteiger partial charge in [-0.05, 0) is 46.7 Å². The second-order valence-corrected chi connectivity index (χ2v) is 4.27. The Morgan fingerprint density at radius 3 is 2.80 bits per heavy atom. The highest BCUT2D eigenvalue weighted by molar-refractivity contribution is 14.1. The molecule has 0 saturated carbocycles. The summed E-state index contributed by atoms with van der Waals surface area (Å²) < 4.78 is 6.01. The van der Waals surface area contributed by atoms with Gasteiger partial charge in [-0.25, -0.2) is 0 Å². The molecule has 1 aromatic rings. The summed E-state index contributed by atoms with van der Waals surface area (Å²) in [5, 5.41) is 8.68. The molecule has 0 saturated heterocycles. The normalized spacial score (nSPS) is 12.2. The first-order valence-electron chi connectivity index (χ1n) is 4.35. The molecule has 0 radical (unpaired) electrons. The van der Waals surface area contributed by atoms with Crippen molar-refractivity contribution in [3.63, 3.8) is 0 Å². The summed E-state index contributed by atoms with van der Waals surface area (Å²) in [6, 6.07) is 4.63. The number of aliphatic carboxylic acids is 1. The molecule has 0 bridgehead atoms. The number of carboxylic acid groups (broad SMARTS) is 1. The highest BCUT2D eigenvalue weighted by Gasteiger charge is 2.13. The number of methoxy groups -OCH3 is 1. The van der Waals surface area contributed by atoms with Gasteiger partial charge in [0.2, 0.25) is 0 Å². The van der Waals surface area contributed by atoms with Crippen molar-refractivity contribution in [2.75, 3.05) is 7.11 Å². The lowest BCUT2D eigenvalue weighted by Gasteiger charge is -2.09. The average Bonchev–Trinajstić information content (AvgIpc) is 2.20. The van der Waals surface area contributed by atoms with Gasteiger partial charge >= 0.3 is 5.97 Å². The highest BCUT2D eigenvalue weighted by Crippen LogP contribution is 2.20. The molecule has 15 heavy (non-hydrogen) atoms. The van der Waals surface area contributed by atoms with E-state index in [2.05, 4.69) is 22.6 Å². The van der Waals surface area contributed by atoms with Crippen molar-refractivity contribution >= 4 is 28.6 Å². The third-order valence-corrected chi connectivity index (χ3v) is 3.02. The number of hydrogen-bond acceptors (Lipinski definition) is 3. The monoisotopic (exact) mass is 321 g/mol. The number of carboxylic acids is 1. The van der Waals surface area contributed by atoms with Crippen LogP contribution in [-0.2, 0) is 11.2 Å². The molecule has 0 fully saturated rings. The molecule has 0 amide bonds. The summed E-state index contributed by atoms with van der Waals surface area (Å²) in [7, 11) is 1.59. The second kappa shape index (κ2) is 5.32. The van der Waals surface area contributed by atoms with Crippen LogP contribution in [0.15, 0.2) is 18.2 Å². The Labute approximate surface area is 102 Å². The number of nitrogens with two attached hydrogens (primary N) is 1. The third kappa shape index (κ3) is 3.35. The fourth-order valence-electron chi connectivity index (χ4n) is 1.14. The van der Waals surface area contributed by atoms with Crippen LogP contribution >= 0.6 is 22.6 Å². The lowest BCUT2D eigenvalue weighted by atomic mass is 10.1. The maximum atomic E-state index is 10.6. The minimum absolute atomic E-state index is 0.331. The Hall–Kier alpha value is -0.820. The number of halogens is 1. The molecule has 4 nitrogen and oxygen atoms in total. The smallest absolute Gasteiger partial charge is 0.320 e. The Kier molecular flexibility index (Phi) is 4.34. The zero-order valence-electron chi connectivity index (χ0n) is 8.24. The van der Waals surface area contributed by atoms with Crippen LogP contribution in [0.3, 0.4) is 0 Å². The maximum absolute atomic E-state index is 10.6. The average molecular weight is 321 g/mol. The third-order valence-electron chi connectivity index (χ3n) is 2.02. The van der Waals surface area contributed by atoms with Gasteiger partial charge in [-0.2, -0.15) is 0 Å². The Morgan fingerprint density at radius 1 is 1.67 bits per heavy atom. The fraction of sp³-hybridized carbons (Fsp3) is 0.300. The predicted molar refractivity (Wildman–Crippen MR) is 65.0 cm³/mol. The fourth-order valence-corrected chi connectivity index (χ4v) is 1.85. The Morgan fingerprint density at radius 2 is 2.33 bits per heavy atom. The molecular weight excluding hydrogens is 309 g/mol. The standard InChI is InChI=1S/C10H12INO3/c1-15-7-3-2-6(8(11)5-7)4-9(12)10(13)14/h2-3,5,9H,4,12H2,1H3,(H,13,14)/t9-/m0/s1. The van der Waals surface area contributed by atoms with Crippen molar-refractivity contribution in [3.05, 3.63) is 27.3 Å². The minimum Gasteiger partial charge on any atom is -0.497 e. The van der Waals surface area contributed by atoms with Gasteiger partial charge < -0.3 is 15.6 Å². The molecular formula is C10H12INO3. The quantitative estimate of drug-likeness (QED) is 0.819. The van der Waals surface area contributed by atoms with E-state index in [9.17, 15) is 4.79 Å². The number of rotatable bonds is 4. The molecule has 1 aromatic carbocycles. The van der Waals surface area contributed by atoms with Gasteiger partial charge in [-0.3, -0.25) is 4.79 Å². The van der Waals surface area contributed by atoms with Crippen LogP contribution in [0.1, 0.15) is 5.56 Å². The van der Waals surface area contributed by atoms with Crippen LogP contribution < -0.4 is 10.5 Å². The lowest BCUT2D eigenvalue weighted by molar-refractivity contribution is -0.138. The molecule has 0 unspecified atom stereocenters. The molecule has 0 aliphatic rings. The number of ether oxygens (including phenoxy) is 1. The first kappa shape index (κ1) is 12.3. The lowest BCUT2D eigenvalue weighted by Crippen LogP contribution is -2.32. The van der Waals surface area contributed by atoms with Crippen LogP contribution in [0.5, 0.6) is 5.75 Å². The van der Waals surface area contributed by atoms with Crippen LogP contribution in [0, 0.1) is 3.57 Å². The van der Waals surface area contributed by atoms with Gasteiger partial charge in [0.1, 0.15) is 11.8 Å². The van der Waals surface area contributed by atoms with Gasteiger partial charge in [0.25, 0.3) is 0 Å². The van der Waals surface area contributed by atoms with E-state index in [0.29, 0.717) is 6.42 Å². The SMILES string of the molecule is COc1ccc(C[C@H](N)C(=O)O)c(I)c1.